The second kappa shape index (κ2) is 7.20. The number of nitrogens with one attached hydrogen (secondary N) is 1. The molecule has 0 bridgehead atoms. The largest absolute Gasteiger partial charge is 0.385 e. The molecule has 3 nitrogen and oxygen atoms in total. The SMILES string of the molecule is COCCC(C)NC1CCC(OC)CC1. The Morgan fingerprint density at radius 3 is 2.40 bits per heavy atom. The maximum Gasteiger partial charge on any atom is 0.0572 e. The molecule has 0 aromatic heterocycles. The van der Waals surface area contributed by atoms with E-state index in [0.717, 1.165) is 13.0 Å². The zero-order chi connectivity index (χ0) is 11.1. The Morgan fingerprint density at radius 1 is 1.20 bits per heavy atom. The molecule has 0 aromatic carbocycles. The van der Waals surface area contributed by atoms with Crippen molar-refractivity contribution in [1.82, 2.24) is 5.32 Å². The fourth-order valence-electron chi connectivity index (χ4n) is 2.25. The van der Waals surface area contributed by atoms with Crippen LogP contribution in [-0.4, -0.2) is 39.0 Å². The fraction of sp³-hybridized carbons (Fsp3) is 1.00. The summed E-state index contributed by atoms with van der Waals surface area (Å²) in [5.74, 6) is 0. The van der Waals surface area contributed by atoms with Crippen molar-refractivity contribution < 1.29 is 9.47 Å². The Kier molecular flexibility index (Phi) is 6.22. The summed E-state index contributed by atoms with van der Waals surface area (Å²) in [6.45, 7) is 3.09. The molecule has 0 amide bonds. The van der Waals surface area contributed by atoms with Gasteiger partial charge in [0.25, 0.3) is 0 Å². The van der Waals surface area contributed by atoms with Crippen LogP contribution in [0.15, 0.2) is 0 Å². The maximum absolute atomic E-state index is 5.36. The van der Waals surface area contributed by atoms with Gasteiger partial charge in [0.15, 0.2) is 0 Å². The standard InChI is InChI=1S/C12H25NO2/c1-10(8-9-14-2)13-11-4-6-12(15-3)7-5-11/h10-13H,4-9H2,1-3H3. The van der Waals surface area contributed by atoms with Gasteiger partial charge in [-0.15, -0.1) is 0 Å². The second-order valence-electron chi connectivity index (χ2n) is 4.56. The van der Waals surface area contributed by atoms with Crippen molar-refractivity contribution in [2.75, 3.05) is 20.8 Å². The molecule has 90 valence electrons. The molecule has 1 saturated carbocycles. The average molecular weight is 215 g/mol. The molecular formula is C12H25NO2. The summed E-state index contributed by atoms with van der Waals surface area (Å²) < 4.78 is 10.4. The molecule has 3 heteroatoms. The molecule has 0 saturated heterocycles. The Hall–Kier alpha value is -0.120. The van der Waals surface area contributed by atoms with E-state index in [9.17, 15) is 0 Å². The summed E-state index contributed by atoms with van der Waals surface area (Å²) in [4.78, 5) is 0. The zero-order valence-corrected chi connectivity index (χ0v) is 10.3. The van der Waals surface area contributed by atoms with E-state index in [4.69, 9.17) is 9.47 Å². The van der Waals surface area contributed by atoms with E-state index >= 15 is 0 Å². The smallest absolute Gasteiger partial charge is 0.0572 e. The Morgan fingerprint density at radius 2 is 1.87 bits per heavy atom. The number of hydrogen-bond donors (Lipinski definition) is 1. The van der Waals surface area contributed by atoms with Gasteiger partial charge in [0.2, 0.25) is 0 Å². The molecule has 0 radical (unpaired) electrons. The van der Waals surface area contributed by atoms with Gasteiger partial charge < -0.3 is 14.8 Å². The molecule has 1 aliphatic carbocycles. The van der Waals surface area contributed by atoms with Crippen LogP contribution in [-0.2, 0) is 9.47 Å². The molecule has 0 spiro atoms. The fourth-order valence-corrected chi connectivity index (χ4v) is 2.25. The van der Waals surface area contributed by atoms with Crippen molar-refractivity contribution in [3.63, 3.8) is 0 Å². The Bertz CT molecular complexity index is 156. The number of methoxy groups -OCH3 is 2. The normalized spacial score (nSPS) is 29.0. The van der Waals surface area contributed by atoms with E-state index in [0.29, 0.717) is 18.2 Å². The molecule has 1 unspecified atom stereocenters. The molecule has 0 aliphatic heterocycles. The van der Waals surface area contributed by atoms with E-state index < -0.39 is 0 Å². The first-order valence-corrected chi connectivity index (χ1v) is 6.04. The van der Waals surface area contributed by atoms with Crippen LogP contribution in [0.2, 0.25) is 0 Å². The molecular weight excluding hydrogens is 190 g/mol. The summed E-state index contributed by atoms with van der Waals surface area (Å²) >= 11 is 0. The van der Waals surface area contributed by atoms with Crippen molar-refractivity contribution in [2.45, 2.75) is 57.2 Å². The third-order valence-electron chi connectivity index (χ3n) is 3.28. The summed E-state index contributed by atoms with van der Waals surface area (Å²) in [5.41, 5.74) is 0. The third kappa shape index (κ3) is 4.96. The predicted octanol–water partition coefficient (Wildman–Crippen LogP) is 1.96. The van der Waals surface area contributed by atoms with Crippen LogP contribution in [0.1, 0.15) is 39.0 Å². The minimum absolute atomic E-state index is 0.498. The Balaban J connectivity index is 2.12. The molecule has 1 fully saturated rings. The van der Waals surface area contributed by atoms with E-state index in [1.165, 1.54) is 25.7 Å². The monoisotopic (exact) mass is 215 g/mol. The Labute approximate surface area is 93.5 Å². The van der Waals surface area contributed by atoms with E-state index in [1.807, 2.05) is 7.11 Å². The van der Waals surface area contributed by atoms with Gasteiger partial charge in [-0.1, -0.05) is 0 Å². The van der Waals surface area contributed by atoms with Gasteiger partial charge >= 0.3 is 0 Å². The minimum Gasteiger partial charge on any atom is -0.385 e. The summed E-state index contributed by atoms with van der Waals surface area (Å²) in [6, 6.07) is 1.25. The third-order valence-corrected chi connectivity index (χ3v) is 3.28. The van der Waals surface area contributed by atoms with Crippen LogP contribution >= 0.6 is 0 Å². The highest BCUT2D eigenvalue weighted by Gasteiger charge is 2.21. The first kappa shape index (κ1) is 12.9. The molecule has 1 N–H and O–H groups in total. The first-order chi connectivity index (χ1) is 7.26. The van der Waals surface area contributed by atoms with Gasteiger partial charge in [0, 0.05) is 32.9 Å². The van der Waals surface area contributed by atoms with E-state index in [1.54, 1.807) is 7.11 Å². The van der Waals surface area contributed by atoms with Gasteiger partial charge in [0.1, 0.15) is 0 Å². The van der Waals surface area contributed by atoms with Crippen LogP contribution in [0.5, 0.6) is 0 Å². The molecule has 1 atom stereocenters. The lowest BCUT2D eigenvalue weighted by Crippen LogP contribution is -2.40. The molecule has 15 heavy (non-hydrogen) atoms. The molecule has 1 aliphatic rings. The zero-order valence-electron chi connectivity index (χ0n) is 10.3. The van der Waals surface area contributed by atoms with E-state index in [2.05, 4.69) is 12.2 Å². The van der Waals surface area contributed by atoms with Gasteiger partial charge in [0.05, 0.1) is 6.10 Å². The van der Waals surface area contributed by atoms with Crippen LogP contribution in [0, 0.1) is 0 Å². The quantitative estimate of drug-likeness (QED) is 0.734. The van der Waals surface area contributed by atoms with Crippen molar-refractivity contribution >= 4 is 0 Å². The van der Waals surface area contributed by atoms with Gasteiger partial charge in [-0.2, -0.15) is 0 Å². The van der Waals surface area contributed by atoms with Crippen LogP contribution < -0.4 is 5.32 Å². The summed E-state index contributed by atoms with van der Waals surface area (Å²) in [6.07, 6.45) is 6.49. The molecule has 1 rings (SSSR count). The lowest BCUT2D eigenvalue weighted by Gasteiger charge is -2.30. The lowest BCUT2D eigenvalue weighted by atomic mass is 9.92. The number of rotatable bonds is 6. The lowest BCUT2D eigenvalue weighted by molar-refractivity contribution is 0.0607. The minimum atomic E-state index is 0.498. The highest BCUT2D eigenvalue weighted by atomic mass is 16.5. The summed E-state index contributed by atoms with van der Waals surface area (Å²) in [5, 5.41) is 3.66. The predicted molar refractivity (Wildman–Crippen MR) is 62.1 cm³/mol. The number of hydrogen-bond acceptors (Lipinski definition) is 3. The maximum atomic E-state index is 5.36. The molecule has 0 aromatic rings. The van der Waals surface area contributed by atoms with Crippen LogP contribution in [0.3, 0.4) is 0 Å². The average Bonchev–Trinajstić information content (AvgIpc) is 2.27. The first-order valence-electron chi connectivity index (χ1n) is 6.04. The van der Waals surface area contributed by atoms with Gasteiger partial charge in [-0.05, 0) is 39.0 Å². The second-order valence-corrected chi connectivity index (χ2v) is 4.56. The number of ether oxygens (including phenoxy) is 2. The highest BCUT2D eigenvalue weighted by Crippen LogP contribution is 2.21. The van der Waals surface area contributed by atoms with E-state index in [-0.39, 0.29) is 0 Å². The topological polar surface area (TPSA) is 30.5 Å². The van der Waals surface area contributed by atoms with Gasteiger partial charge in [-0.3, -0.25) is 0 Å². The van der Waals surface area contributed by atoms with Crippen molar-refractivity contribution in [2.24, 2.45) is 0 Å². The highest BCUT2D eigenvalue weighted by molar-refractivity contribution is 4.79. The summed E-state index contributed by atoms with van der Waals surface area (Å²) in [7, 11) is 3.58. The van der Waals surface area contributed by atoms with Crippen molar-refractivity contribution in [1.29, 1.82) is 0 Å². The van der Waals surface area contributed by atoms with Crippen LogP contribution in [0.25, 0.3) is 0 Å². The van der Waals surface area contributed by atoms with Gasteiger partial charge in [-0.25, -0.2) is 0 Å². The van der Waals surface area contributed by atoms with Crippen molar-refractivity contribution in [3.05, 3.63) is 0 Å². The van der Waals surface area contributed by atoms with Crippen LogP contribution in [0.4, 0.5) is 0 Å². The van der Waals surface area contributed by atoms with Crippen molar-refractivity contribution in [3.8, 4) is 0 Å². The molecule has 0 heterocycles.